The molecule has 0 aliphatic rings. The second-order valence-electron chi connectivity index (χ2n) is 4.55. The lowest BCUT2D eigenvalue weighted by molar-refractivity contribution is 0.371. The molecule has 0 radical (unpaired) electrons. The van der Waals surface area contributed by atoms with Gasteiger partial charge in [0.1, 0.15) is 17.3 Å². The van der Waals surface area contributed by atoms with Crippen LogP contribution >= 0.6 is 0 Å². The third-order valence-corrected chi connectivity index (χ3v) is 3.09. The van der Waals surface area contributed by atoms with E-state index in [1.54, 1.807) is 19.3 Å². The average Bonchev–Trinajstić information content (AvgIpc) is 3.07. The molecule has 3 heterocycles. The Morgan fingerprint density at radius 1 is 1.24 bits per heavy atom. The Labute approximate surface area is 120 Å². The van der Waals surface area contributed by atoms with Gasteiger partial charge in [0, 0.05) is 18.0 Å². The van der Waals surface area contributed by atoms with Crippen molar-refractivity contribution in [2.24, 2.45) is 0 Å². The Balaban J connectivity index is 1.89. The number of aryl methyl sites for hydroxylation is 2. The summed E-state index contributed by atoms with van der Waals surface area (Å²) in [5.41, 5.74) is 2.73. The van der Waals surface area contributed by atoms with E-state index in [2.05, 4.69) is 26.4 Å². The standard InChI is InChI=1S/C14H11N5O2/c1-8-7-16-4-3-10(8)14-17-13(21-19-14)5-12-11(6-15)9(2)20-18-12/h3-4,7H,5H2,1-2H3. The van der Waals surface area contributed by atoms with Gasteiger partial charge < -0.3 is 9.05 Å². The van der Waals surface area contributed by atoms with Gasteiger partial charge in [0.05, 0.1) is 6.42 Å². The Bertz CT molecular complexity index is 828. The maximum Gasteiger partial charge on any atom is 0.233 e. The maximum absolute atomic E-state index is 9.06. The van der Waals surface area contributed by atoms with Crippen LogP contribution < -0.4 is 0 Å². The molecular weight excluding hydrogens is 270 g/mol. The molecular formula is C14H11N5O2. The normalized spacial score (nSPS) is 10.5. The van der Waals surface area contributed by atoms with Crippen LogP contribution in [0.2, 0.25) is 0 Å². The minimum Gasteiger partial charge on any atom is -0.360 e. The van der Waals surface area contributed by atoms with Gasteiger partial charge in [-0.05, 0) is 25.5 Å². The number of hydrogen-bond donors (Lipinski definition) is 0. The van der Waals surface area contributed by atoms with Crippen molar-refractivity contribution in [2.75, 3.05) is 0 Å². The van der Waals surface area contributed by atoms with Gasteiger partial charge in [0.15, 0.2) is 5.76 Å². The molecule has 7 heteroatoms. The van der Waals surface area contributed by atoms with E-state index in [1.807, 2.05) is 13.0 Å². The molecule has 21 heavy (non-hydrogen) atoms. The van der Waals surface area contributed by atoms with Gasteiger partial charge in [-0.15, -0.1) is 0 Å². The first-order valence-corrected chi connectivity index (χ1v) is 6.28. The van der Waals surface area contributed by atoms with Gasteiger partial charge in [-0.2, -0.15) is 10.2 Å². The highest BCUT2D eigenvalue weighted by atomic mass is 16.5. The first-order valence-electron chi connectivity index (χ1n) is 6.28. The molecule has 3 rings (SSSR count). The highest BCUT2D eigenvalue weighted by molar-refractivity contribution is 5.58. The van der Waals surface area contributed by atoms with Crippen LogP contribution in [0, 0.1) is 25.2 Å². The largest absolute Gasteiger partial charge is 0.360 e. The highest BCUT2D eigenvalue weighted by Gasteiger charge is 2.17. The molecule has 0 fully saturated rings. The van der Waals surface area contributed by atoms with Crippen LogP contribution in [0.15, 0.2) is 27.5 Å². The second-order valence-corrected chi connectivity index (χ2v) is 4.55. The number of nitriles is 1. The Kier molecular flexibility index (Phi) is 3.20. The molecule has 0 spiro atoms. The summed E-state index contributed by atoms with van der Waals surface area (Å²) in [6.45, 7) is 3.61. The van der Waals surface area contributed by atoms with Crippen LogP contribution in [-0.2, 0) is 6.42 Å². The SMILES string of the molecule is Cc1cnccc1-c1noc(Cc2noc(C)c2C#N)n1. The summed E-state index contributed by atoms with van der Waals surface area (Å²) in [5.74, 6) is 1.35. The quantitative estimate of drug-likeness (QED) is 0.725. The Hall–Kier alpha value is -3.01. The van der Waals surface area contributed by atoms with E-state index in [-0.39, 0.29) is 6.42 Å². The molecule has 0 unspecified atom stereocenters. The van der Waals surface area contributed by atoms with E-state index < -0.39 is 0 Å². The van der Waals surface area contributed by atoms with Gasteiger partial charge in [-0.1, -0.05) is 10.3 Å². The van der Waals surface area contributed by atoms with E-state index in [4.69, 9.17) is 14.3 Å². The van der Waals surface area contributed by atoms with Crippen molar-refractivity contribution in [1.82, 2.24) is 20.3 Å². The fourth-order valence-electron chi connectivity index (χ4n) is 1.99. The molecule has 0 amide bonds. The topological polar surface area (TPSA) is 102 Å². The summed E-state index contributed by atoms with van der Waals surface area (Å²) in [7, 11) is 0. The first kappa shape index (κ1) is 13.0. The molecule has 0 N–H and O–H groups in total. The molecule has 0 aromatic carbocycles. The van der Waals surface area contributed by atoms with Crippen LogP contribution in [0.4, 0.5) is 0 Å². The van der Waals surface area contributed by atoms with Crippen molar-refractivity contribution >= 4 is 0 Å². The van der Waals surface area contributed by atoms with Crippen molar-refractivity contribution in [1.29, 1.82) is 5.26 Å². The minimum absolute atomic E-state index is 0.261. The molecule has 0 atom stereocenters. The summed E-state index contributed by atoms with van der Waals surface area (Å²) in [5, 5.41) is 16.9. The third kappa shape index (κ3) is 2.39. The molecule has 3 aromatic heterocycles. The summed E-state index contributed by atoms with van der Waals surface area (Å²) in [4.78, 5) is 8.35. The summed E-state index contributed by atoms with van der Waals surface area (Å²) >= 11 is 0. The Morgan fingerprint density at radius 2 is 2.10 bits per heavy atom. The predicted octanol–water partition coefficient (Wildman–Crippen LogP) is 2.20. The van der Waals surface area contributed by atoms with E-state index in [1.165, 1.54) is 0 Å². The molecule has 0 saturated carbocycles. The van der Waals surface area contributed by atoms with Crippen LogP contribution in [-0.4, -0.2) is 20.3 Å². The number of rotatable bonds is 3. The molecule has 104 valence electrons. The minimum atomic E-state index is 0.261. The van der Waals surface area contributed by atoms with E-state index >= 15 is 0 Å². The van der Waals surface area contributed by atoms with E-state index in [0.717, 1.165) is 11.1 Å². The summed E-state index contributed by atoms with van der Waals surface area (Å²) in [6.07, 6.45) is 3.67. The van der Waals surface area contributed by atoms with Crippen molar-refractivity contribution in [3.05, 3.63) is 46.9 Å². The summed E-state index contributed by atoms with van der Waals surface area (Å²) in [6, 6.07) is 3.88. The van der Waals surface area contributed by atoms with Gasteiger partial charge in [0.2, 0.25) is 11.7 Å². The lowest BCUT2D eigenvalue weighted by atomic mass is 10.1. The smallest absolute Gasteiger partial charge is 0.233 e. The van der Waals surface area contributed by atoms with Crippen LogP contribution in [0.3, 0.4) is 0 Å². The lowest BCUT2D eigenvalue weighted by Crippen LogP contribution is -1.92. The number of nitrogens with zero attached hydrogens (tertiary/aromatic N) is 5. The molecule has 0 bridgehead atoms. The first-order chi connectivity index (χ1) is 10.2. The Morgan fingerprint density at radius 3 is 2.86 bits per heavy atom. The van der Waals surface area contributed by atoms with Crippen LogP contribution in [0.5, 0.6) is 0 Å². The van der Waals surface area contributed by atoms with Crippen molar-refractivity contribution in [3.63, 3.8) is 0 Å². The van der Waals surface area contributed by atoms with Crippen molar-refractivity contribution in [3.8, 4) is 17.5 Å². The van der Waals surface area contributed by atoms with Gasteiger partial charge in [-0.3, -0.25) is 4.98 Å². The molecule has 0 saturated heterocycles. The highest BCUT2D eigenvalue weighted by Crippen LogP contribution is 2.21. The van der Waals surface area contributed by atoms with Gasteiger partial charge in [0.25, 0.3) is 0 Å². The second kappa shape index (κ2) is 5.17. The number of aromatic nitrogens is 4. The van der Waals surface area contributed by atoms with Gasteiger partial charge in [-0.25, -0.2) is 0 Å². The number of hydrogen-bond acceptors (Lipinski definition) is 7. The monoisotopic (exact) mass is 281 g/mol. The third-order valence-electron chi connectivity index (χ3n) is 3.09. The fourth-order valence-corrected chi connectivity index (χ4v) is 1.99. The average molecular weight is 281 g/mol. The molecule has 3 aromatic rings. The lowest BCUT2D eigenvalue weighted by Gasteiger charge is -1.97. The van der Waals surface area contributed by atoms with Crippen molar-refractivity contribution < 1.29 is 9.05 Å². The van der Waals surface area contributed by atoms with Crippen LogP contribution in [0.1, 0.15) is 28.5 Å². The predicted molar refractivity (Wildman–Crippen MR) is 71.0 cm³/mol. The fraction of sp³-hybridized carbons (Fsp3) is 0.214. The zero-order valence-corrected chi connectivity index (χ0v) is 11.5. The zero-order chi connectivity index (χ0) is 14.8. The van der Waals surface area contributed by atoms with Crippen molar-refractivity contribution in [2.45, 2.75) is 20.3 Å². The zero-order valence-electron chi connectivity index (χ0n) is 11.5. The number of pyridine rings is 1. The molecule has 0 aliphatic heterocycles. The summed E-state index contributed by atoms with van der Waals surface area (Å²) < 4.78 is 10.2. The van der Waals surface area contributed by atoms with Gasteiger partial charge >= 0.3 is 0 Å². The molecule has 0 aliphatic carbocycles. The van der Waals surface area contributed by atoms with Crippen LogP contribution in [0.25, 0.3) is 11.4 Å². The van der Waals surface area contributed by atoms with E-state index in [0.29, 0.717) is 28.7 Å². The van der Waals surface area contributed by atoms with E-state index in [9.17, 15) is 0 Å². The maximum atomic E-state index is 9.06. The molecule has 7 nitrogen and oxygen atoms in total.